The van der Waals surface area contributed by atoms with Crippen molar-refractivity contribution < 1.29 is 13.9 Å². The molecule has 1 fully saturated rings. The van der Waals surface area contributed by atoms with Crippen LogP contribution in [0, 0.1) is 5.82 Å². The Kier molecular flexibility index (Phi) is 6.60. The Morgan fingerprint density at radius 2 is 2.04 bits per heavy atom. The first-order chi connectivity index (χ1) is 11.7. The molecule has 138 valence electrons. The third kappa shape index (κ3) is 5.80. The number of halogens is 2. The summed E-state index contributed by atoms with van der Waals surface area (Å²) in [6, 6.07) is 4.34. The van der Waals surface area contributed by atoms with E-state index in [1.54, 1.807) is 12.1 Å². The summed E-state index contributed by atoms with van der Waals surface area (Å²) in [4.78, 5) is 14.4. The van der Waals surface area contributed by atoms with E-state index in [-0.39, 0.29) is 28.7 Å². The van der Waals surface area contributed by atoms with E-state index in [2.05, 4.69) is 37.9 Å². The molecule has 1 aromatic rings. The Morgan fingerprint density at radius 1 is 1.40 bits per heavy atom. The smallest absolute Gasteiger partial charge is 0.244 e. The summed E-state index contributed by atoms with van der Waals surface area (Å²) in [5.74, 6) is -0.665. The topological polar surface area (TPSA) is 41.6 Å². The van der Waals surface area contributed by atoms with Gasteiger partial charge in [-0.15, -0.1) is 0 Å². The molecule has 1 aliphatic heterocycles. The van der Waals surface area contributed by atoms with Crippen molar-refractivity contribution in [1.29, 1.82) is 0 Å². The second-order valence-electron chi connectivity index (χ2n) is 7.20. The summed E-state index contributed by atoms with van der Waals surface area (Å²) in [5.41, 5.74) is 0.506. The molecule has 1 heterocycles. The van der Waals surface area contributed by atoms with Crippen LogP contribution in [0.1, 0.15) is 33.3 Å². The minimum atomic E-state index is -0.473. The molecule has 1 amide bonds. The largest absolute Gasteiger partial charge is 0.373 e. The Labute approximate surface area is 154 Å². The molecule has 0 spiro atoms. The van der Waals surface area contributed by atoms with E-state index in [1.165, 1.54) is 18.2 Å². The van der Waals surface area contributed by atoms with E-state index in [1.807, 2.05) is 0 Å². The number of nitrogens with one attached hydrogen (secondary N) is 1. The third-order valence-corrected chi connectivity index (χ3v) is 4.63. The highest BCUT2D eigenvalue weighted by Crippen LogP contribution is 2.21. The van der Waals surface area contributed by atoms with Gasteiger partial charge in [0, 0.05) is 31.2 Å². The molecule has 25 heavy (non-hydrogen) atoms. The van der Waals surface area contributed by atoms with Gasteiger partial charge in [0.1, 0.15) is 5.82 Å². The fourth-order valence-electron chi connectivity index (χ4n) is 2.93. The van der Waals surface area contributed by atoms with E-state index < -0.39 is 5.82 Å². The molecule has 0 saturated carbocycles. The molecular weight excluding hydrogens is 343 g/mol. The van der Waals surface area contributed by atoms with Gasteiger partial charge < -0.3 is 10.1 Å². The van der Waals surface area contributed by atoms with Crippen LogP contribution in [0.4, 0.5) is 4.39 Å². The minimum absolute atomic E-state index is 0.0410. The SMILES string of the molecule is CC1CN(C(C)(C)CNC(=O)/C=C/c2ccc(F)c(Cl)c2)CC(C)O1. The quantitative estimate of drug-likeness (QED) is 0.809. The Morgan fingerprint density at radius 3 is 2.64 bits per heavy atom. The van der Waals surface area contributed by atoms with Crippen molar-refractivity contribution in [1.82, 2.24) is 10.2 Å². The van der Waals surface area contributed by atoms with Gasteiger partial charge >= 0.3 is 0 Å². The second-order valence-corrected chi connectivity index (χ2v) is 7.61. The second kappa shape index (κ2) is 8.30. The van der Waals surface area contributed by atoms with Crippen LogP contribution in [0.25, 0.3) is 6.08 Å². The molecule has 0 aliphatic carbocycles. The first-order valence-corrected chi connectivity index (χ1v) is 8.86. The van der Waals surface area contributed by atoms with Crippen molar-refractivity contribution in [3.63, 3.8) is 0 Å². The van der Waals surface area contributed by atoms with Crippen LogP contribution in [-0.4, -0.2) is 48.2 Å². The maximum Gasteiger partial charge on any atom is 0.244 e. The number of hydrogen-bond donors (Lipinski definition) is 1. The average molecular weight is 369 g/mol. The van der Waals surface area contributed by atoms with E-state index in [9.17, 15) is 9.18 Å². The van der Waals surface area contributed by atoms with Crippen LogP contribution >= 0.6 is 11.6 Å². The van der Waals surface area contributed by atoms with Gasteiger partial charge in [-0.1, -0.05) is 17.7 Å². The van der Waals surface area contributed by atoms with Crippen molar-refractivity contribution in [3.8, 4) is 0 Å². The average Bonchev–Trinajstić information content (AvgIpc) is 2.53. The lowest BCUT2D eigenvalue weighted by Gasteiger charge is -2.45. The van der Waals surface area contributed by atoms with Crippen LogP contribution in [0.3, 0.4) is 0 Å². The summed E-state index contributed by atoms with van der Waals surface area (Å²) in [6.45, 7) is 10.6. The predicted molar refractivity (Wildman–Crippen MR) is 99.1 cm³/mol. The highest BCUT2D eigenvalue weighted by atomic mass is 35.5. The number of amides is 1. The van der Waals surface area contributed by atoms with Crippen molar-refractivity contribution >= 4 is 23.6 Å². The highest BCUT2D eigenvalue weighted by Gasteiger charge is 2.33. The number of rotatable bonds is 5. The van der Waals surface area contributed by atoms with Gasteiger partial charge in [-0.05, 0) is 51.5 Å². The molecule has 1 aromatic carbocycles. The molecule has 2 atom stereocenters. The molecule has 1 N–H and O–H groups in total. The van der Waals surface area contributed by atoms with E-state index in [0.717, 1.165) is 13.1 Å². The fraction of sp³-hybridized carbons (Fsp3) is 0.526. The summed E-state index contributed by atoms with van der Waals surface area (Å²) in [5, 5.41) is 2.97. The number of benzene rings is 1. The lowest BCUT2D eigenvalue weighted by atomic mass is 10.00. The van der Waals surface area contributed by atoms with Crippen LogP contribution in [0.5, 0.6) is 0 Å². The maximum absolute atomic E-state index is 13.1. The molecule has 1 saturated heterocycles. The zero-order chi connectivity index (χ0) is 18.6. The van der Waals surface area contributed by atoms with Gasteiger partial charge in [-0.2, -0.15) is 0 Å². The van der Waals surface area contributed by atoms with Gasteiger partial charge in [0.2, 0.25) is 5.91 Å². The van der Waals surface area contributed by atoms with Gasteiger partial charge in [0.25, 0.3) is 0 Å². The number of carbonyl (C=O) groups excluding carboxylic acids is 1. The zero-order valence-electron chi connectivity index (χ0n) is 15.2. The van der Waals surface area contributed by atoms with E-state index in [0.29, 0.717) is 12.1 Å². The van der Waals surface area contributed by atoms with Crippen molar-refractivity contribution in [2.24, 2.45) is 0 Å². The van der Waals surface area contributed by atoms with E-state index >= 15 is 0 Å². The summed E-state index contributed by atoms with van der Waals surface area (Å²) < 4.78 is 18.9. The molecule has 2 rings (SSSR count). The number of morpholine rings is 1. The number of carbonyl (C=O) groups is 1. The Balaban J connectivity index is 1.89. The van der Waals surface area contributed by atoms with Crippen LogP contribution < -0.4 is 5.32 Å². The number of ether oxygens (including phenoxy) is 1. The molecule has 0 bridgehead atoms. The molecular formula is C19H26ClFN2O2. The monoisotopic (exact) mass is 368 g/mol. The molecule has 6 heteroatoms. The first kappa shape index (κ1) is 19.9. The predicted octanol–water partition coefficient (Wildman–Crippen LogP) is 3.50. The third-order valence-electron chi connectivity index (χ3n) is 4.34. The van der Waals surface area contributed by atoms with Gasteiger partial charge in [-0.25, -0.2) is 4.39 Å². The van der Waals surface area contributed by atoms with Crippen LogP contribution in [0.2, 0.25) is 5.02 Å². The molecule has 4 nitrogen and oxygen atoms in total. The summed E-state index contributed by atoms with van der Waals surface area (Å²) >= 11 is 5.73. The Bertz CT molecular complexity index is 638. The molecule has 0 aromatic heterocycles. The van der Waals surface area contributed by atoms with Crippen molar-refractivity contribution in [3.05, 3.63) is 40.7 Å². The first-order valence-electron chi connectivity index (χ1n) is 8.49. The standard InChI is InChI=1S/C19H26ClFN2O2/c1-13-10-23(11-14(2)25-13)19(3,4)12-22-18(24)8-6-15-5-7-17(21)16(20)9-15/h5-9,13-14H,10-12H2,1-4H3,(H,22,24)/b8-6+. The molecule has 2 unspecified atom stereocenters. The van der Waals surface area contributed by atoms with Crippen LogP contribution in [-0.2, 0) is 9.53 Å². The lowest BCUT2D eigenvalue weighted by Crippen LogP contribution is -2.58. The fourth-order valence-corrected chi connectivity index (χ4v) is 3.12. The summed E-state index contributed by atoms with van der Waals surface area (Å²) in [6.07, 6.45) is 3.42. The van der Waals surface area contributed by atoms with E-state index in [4.69, 9.17) is 16.3 Å². The number of nitrogens with zero attached hydrogens (tertiary/aromatic N) is 1. The lowest BCUT2D eigenvalue weighted by molar-refractivity contribution is -0.118. The van der Waals surface area contributed by atoms with Crippen molar-refractivity contribution in [2.75, 3.05) is 19.6 Å². The molecule has 1 aliphatic rings. The van der Waals surface area contributed by atoms with Gasteiger partial charge in [0.15, 0.2) is 0 Å². The highest BCUT2D eigenvalue weighted by molar-refractivity contribution is 6.30. The minimum Gasteiger partial charge on any atom is -0.373 e. The molecule has 0 radical (unpaired) electrons. The van der Waals surface area contributed by atoms with Gasteiger partial charge in [0.05, 0.1) is 17.2 Å². The maximum atomic E-state index is 13.1. The van der Waals surface area contributed by atoms with Crippen LogP contribution in [0.15, 0.2) is 24.3 Å². The Hall–Kier alpha value is -1.43. The van der Waals surface area contributed by atoms with Gasteiger partial charge in [-0.3, -0.25) is 9.69 Å². The summed E-state index contributed by atoms with van der Waals surface area (Å²) in [7, 11) is 0. The zero-order valence-corrected chi connectivity index (χ0v) is 15.9. The number of hydrogen-bond acceptors (Lipinski definition) is 3. The normalized spacial score (nSPS) is 22.3. The van der Waals surface area contributed by atoms with Crippen molar-refractivity contribution in [2.45, 2.75) is 45.4 Å².